The van der Waals surface area contributed by atoms with Crippen LogP contribution in [0.5, 0.6) is 5.75 Å². The first-order valence-electron chi connectivity index (χ1n) is 8.39. The van der Waals surface area contributed by atoms with E-state index in [1.54, 1.807) is 54.2 Å². The number of carbonyl (C=O) groups excluding carboxylic acids is 2. The third-order valence-electron chi connectivity index (χ3n) is 3.88. The second kappa shape index (κ2) is 10.6. The van der Waals surface area contributed by atoms with E-state index < -0.39 is 23.7 Å². The zero-order valence-corrected chi connectivity index (χ0v) is 16.1. The van der Waals surface area contributed by atoms with Crippen molar-refractivity contribution in [2.45, 2.75) is 19.1 Å². The Bertz CT molecular complexity index is 784. The molecule has 1 N–H and O–H groups in total. The van der Waals surface area contributed by atoms with Crippen LogP contribution in [0.1, 0.15) is 22.3 Å². The average Bonchev–Trinajstić information content (AvgIpc) is 2.70. The summed E-state index contributed by atoms with van der Waals surface area (Å²) in [5.74, 6) is -0.398. The molecular formula is C20H22FNO4S. The van der Waals surface area contributed by atoms with Crippen molar-refractivity contribution in [2.75, 3.05) is 19.1 Å². The number of carbonyl (C=O) groups is 2. The lowest BCUT2D eigenvalue weighted by molar-refractivity contribution is -0.147. The van der Waals surface area contributed by atoms with Gasteiger partial charge in [0.1, 0.15) is 24.2 Å². The molecule has 7 heteroatoms. The number of benzene rings is 2. The zero-order valence-electron chi connectivity index (χ0n) is 15.2. The molecule has 0 saturated carbocycles. The molecule has 1 atom stereocenters. The molecule has 0 spiro atoms. The van der Waals surface area contributed by atoms with E-state index >= 15 is 0 Å². The molecule has 2 aromatic carbocycles. The van der Waals surface area contributed by atoms with Crippen molar-refractivity contribution in [1.29, 1.82) is 0 Å². The van der Waals surface area contributed by atoms with Gasteiger partial charge in [0.05, 0.1) is 12.7 Å². The van der Waals surface area contributed by atoms with Gasteiger partial charge in [-0.3, -0.25) is 4.79 Å². The predicted octanol–water partition coefficient (Wildman–Crippen LogP) is 3.43. The smallest absolute Gasteiger partial charge is 0.329 e. The zero-order chi connectivity index (χ0) is 19.6. The molecule has 1 amide bonds. The van der Waals surface area contributed by atoms with Crippen molar-refractivity contribution in [2.24, 2.45) is 0 Å². The Balaban J connectivity index is 2.06. The van der Waals surface area contributed by atoms with Gasteiger partial charge < -0.3 is 14.8 Å². The molecule has 5 nitrogen and oxygen atoms in total. The molecule has 0 saturated heterocycles. The predicted molar refractivity (Wildman–Crippen MR) is 103 cm³/mol. The van der Waals surface area contributed by atoms with Gasteiger partial charge in [0.25, 0.3) is 5.91 Å². The number of ether oxygens (including phenoxy) is 2. The van der Waals surface area contributed by atoms with Crippen LogP contribution in [0.15, 0.2) is 48.5 Å². The number of esters is 1. The van der Waals surface area contributed by atoms with Gasteiger partial charge in [-0.2, -0.15) is 11.8 Å². The lowest BCUT2D eigenvalue weighted by Crippen LogP contribution is -2.42. The van der Waals surface area contributed by atoms with Crippen molar-refractivity contribution in [3.63, 3.8) is 0 Å². The highest BCUT2D eigenvalue weighted by Gasteiger charge is 2.24. The van der Waals surface area contributed by atoms with Gasteiger partial charge in [-0.15, -0.1) is 0 Å². The quantitative estimate of drug-likeness (QED) is 0.664. The van der Waals surface area contributed by atoms with Crippen molar-refractivity contribution < 1.29 is 23.5 Å². The maximum absolute atomic E-state index is 13.7. The summed E-state index contributed by atoms with van der Waals surface area (Å²) < 4.78 is 24.1. The van der Waals surface area contributed by atoms with Crippen LogP contribution in [0, 0.1) is 5.82 Å². The van der Waals surface area contributed by atoms with Gasteiger partial charge in [0.15, 0.2) is 0 Å². The first-order chi connectivity index (χ1) is 13.1. The SMILES string of the molecule is COc1ccccc1C(=O)NC(CCSC)C(=O)OCc1ccccc1F. The number of methoxy groups -OCH3 is 1. The minimum atomic E-state index is -0.832. The number of rotatable bonds is 9. The monoisotopic (exact) mass is 391 g/mol. The summed E-state index contributed by atoms with van der Waals surface area (Å²) in [5, 5.41) is 2.69. The van der Waals surface area contributed by atoms with Gasteiger partial charge >= 0.3 is 5.97 Å². The van der Waals surface area contributed by atoms with Crippen LogP contribution in [-0.2, 0) is 16.1 Å². The standard InChI is InChI=1S/C20H22FNO4S/c1-25-18-10-6-4-8-15(18)19(23)22-17(11-12-27-2)20(24)26-13-14-7-3-5-9-16(14)21/h3-10,17H,11-13H2,1-2H3,(H,22,23). The fourth-order valence-electron chi connectivity index (χ4n) is 2.42. The summed E-state index contributed by atoms with van der Waals surface area (Å²) in [7, 11) is 1.47. The van der Waals surface area contributed by atoms with Crippen molar-refractivity contribution in [3.8, 4) is 5.75 Å². The number of thioether (sulfide) groups is 1. The third kappa shape index (κ3) is 5.99. The van der Waals surface area contributed by atoms with Crippen LogP contribution in [0.25, 0.3) is 0 Å². The van der Waals surface area contributed by atoms with Crippen LogP contribution in [0.2, 0.25) is 0 Å². The third-order valence-corrected chi connectivity index (χ3v) is 4.52. The summed E-state index contributed by atoms with van der Waals surface area (Å²) >= 11 is 1.55. The van der Waals surface area contributed by atoms with Crippen molar-refractivity contribution in [1.82, 2.24) is 5.32 Å². The first kappa shape index (κ1) is 20.8. The summed E-state index contributed by atoms with van der Waals surface area (Å²) in [6.45, 7) is -0.189. The van der Waals surface area contributed by atoms with Gasteiger partial charge in [-0.05, 0) is 36.6 Å². The molecule has 0 aliphatic heterocycles. The highest BCUT2D eigenvalue weighted by Crippen LogP contribution is 2.18. The Morgan fingerprint density at radius 1 is 1.15 bits per heavy atom. The Kier molecular flexibility index (Phi) is 8.13. The molecule has 2 aromatic rings. The highest BCUT2D eigenvalue weighted by molar-refractivity contribution is 7.98. The molecular weight excluding hydrogens is 369 g/mol. The fourth-order valence-corrected chi connectivity index (χ4v) is 2.89. The number of hydrogen-bond donors (Lipinski definition) is 1. The molecule has 0 fully saturated rings. The largest absolute Gasteiger partial charge is 0.496 e. The molecule has 0 aliphatic rings. The molecule has 0 aliphatic carbocycles. The minimum Gasteiger partial charge on any atom is -0.496 e. The second-order valence-electron chi connectivity index (χ2n) is 5.71. The van der Waals surface area contributed by atoms with E-state index in [0.29, 0.717) is 23.5 Å². The topological polar surface area (TPSA) is 64.6 Å². The molecule has 0 aromatic heterocycles. The van der Waals surface area contributed by atoms with E-state index in [9.17, 15) is 14.0 Å². The summed E-state index contributed by atoms with van der Waals surface area (Å²) in [5.41, 5.74) is 0.613. The average molecular weight is 391 g/mol. The number of hydrogen-bond acceptors (Lipinski definition) is 5. The van der Waals surface area contributed by atoms with E-state index in [1.807, 2.05) is 6.26 Å². The van der Waals surface area contributed by atoms with Crippen LogP contribution in [-0.4, -0.2) is 37.0 Å². The van der Waals surface area contributed by atoms with E-state index in [1.165, 1.54) is 13.2 Å². The number of nitrogens with one attached hydrogen (secondary N) is 1. The van der Waals surface area contributed by atoms with Gasteiger partial charge in [0.2, 0.25) is 0 Å². The first-order valence-corrected chi connectivity index (χ1v) is 9.79. The van der Waals surface area contributed by atoms with Crippen LogP contribution in [0.3, 0.4) is 0 Å². The van der Waals surface area contributed by atoms with Crippen LogP contribution < -0.4 is 10.1 Å². The van der Waals surface area contributed by atoms with Crippen LogP contribution in [0.4, 0.5) is 4.39 Å². The Labute approximate surface area is 162 Å². The van der Waals surface area contributed by atoms with Crippen molar-refractivity contribution >= 4 is 23.6 Å². The molecule has 0 radical (unpaired) electrons. The van der Waals surface area contributed by atoms with E-state index in [-0.39, 0.29) is 12.2 Å². The lowest BCUT2D eigenvalue weighted by atomic mass is 10.1. The molecule has 2 rings (SSSR count). The van der Waals surface area contributed by atoms with Crippen molar-refractivity contribution in [3.05, 3.63) is 65.5 Å². The van der Waals surface area contributed by atoms with E-state index in [4.69, 9.17) is 9.47 Å². The lowest BCUT2D eigenvalue weighted by Gasteiger charge is -2.18. The Hall–Kier alpha value is -2.54. The molecule has 0 bridgehead atoms. The molecule has 27 heavy (non-hydrogen) atoms. The maximum Gasteiger partial charge on any atom is 0.329 e. The Morgan fingerprint density at radius 3 is 2.56 bits per heavy atom. The van der Waals surface area contributed by atoms with Gasteiger partial charge in [-0.25, -0.2) is 9.18 Å². The summed E-state index contributed by atoms with van der Waals surface area (Å²) in [6.07, 6.45) is 2.31. The molecule has 1 unspecified atom stereocenters. The number of amides is 1. The van der Waals surface area contributed by atoms with Gasteiger partial charge in [0, 0.05) is 5.56 Å². The number of halogens is 1. The number of para-hydroxylation sites is 1. The maximum atomic E-state index is 13.7. The summed E-state index contributed by atoms with van der Waals surface area (Å²) in [4.78, 5) is 25.0. The second-order valence-corrected chi connectivity index (χ2v) is 6.69. The Morgan fingerprint density at radius 2 is 1.85 bits per heavy atom. The van der Waals surface area contributed by atoms with Gasteiger partial charge in [-0.1, -0.05) is 30.3 Å². The van der Waals surface area contributed by atoms with Crippen LogP contribution >= 0.6 is 11.8 Å². The highest BCUT2D eigenvalue weighted by atomic mass is 32.2. The molecule has 144 valence electrons. The summed E-state index contributed by atoms with van der Waals surface area (Å²) in [6, 6.07) is 12.0. The van der Waals surface area contributed by atoms with E-state index in [2.05, 4.69) is 5.32 Å². The van der Waals surface area contributed by atoms with E-state index in [0.717, 1.165) is 0 Å². The minimum absolute atomic E-state index is 0.189. The normalized spacial score (nSPS) is 11.5. The molecule has 0 heterocycles. The fraction of sp³-hybridized carbons (Fsp3) is 0.300.